The molecule has 6 nitrogen and oxygen atoms in total. The van der Waals surface area contributed by atoms with Gasteiger partial charge in [0.2, 0.25) is 0 Å². The van der Waals surface area contributed by atoms with Gasteiger partial charge in [0.05, 0.1) is 17.9 Å². The van der Waals surface area contributed by atoms with Crippen LogP contribution in [0.3, 0.4) is 0 Å². The van der Waals surface area contributed by atoms with Crippen LogP contribution < -0.4 is 0 Å². The van der Waals surface area contributed by atoms with Gasteiger partial charge < -0.3 is 14.7 Å². The lowest BCUT2D eigenvalue weighted by Gasteiger charge is -2.42. The summed E-state index contributed by atoms with van der Waals surface area (Å²) >= 11 is 0. The maximum Gasteiger partial charge on any atom is 0.257 e. The van der Waals surface area contributed by atoms with E-state index in [1.54, 1.807) is 13.3 Å². The van der Waals surface area contributed by atoms with Gasteiger partial charge in [-0.3, -0.25) is 4.79 Å². The van der Waals surface area contributed by atoms with E-state index >= 15 is 0 Å². The smallest absolute Gasteiger partial charge is 0.257 e. The Bertz CT molecular complexity index is 524. The number of nitrogens with zero attached hydrogens (tertiary/aromatic N) is 3. The quantitative estimate of drug-likeness (QED) is 0.827. The number of hydrogen-bond donors (Lipinski definition) is 1. The number of carbonyl (C=O) groups is 1. The zero-order chi connectivity index (χ0) is 16.7. The van der Waals surface area contributed by atoms with E-state index in [1.165, 1.54) is 6.33 Å². The topological polar surface area (TPSA) is 75.6 Å². The summed E-state index contributed by atoms with van der Waals surface area (Å²) in [4.78, 5) is 23.0. The molecule has 0 aromatic carbocycles. The first kappa shape index (κ1) is 17.8. The van der Waals surface area contributed by atoms with E-state index in [2.05, 4.69) is 16.9 Å². The Morgan fingerprint density at radius 1 is 1.52 bits per heavy atom. The predicted molar refractivity (Wildman–Crippen MR) is 87.2 cm³/mol. The monoisotopic (exact) mass is 321 g/mol. The molecule has 1 saturated heterocycles. The van der Waals surface area contributed by atoms with E-state index < -0.39 is 0 Å². The van der Waals surface area contributed by atoms with Crippen LogP contribution in [0, 0.1) is 5.41 Å². The summed E-state index contributed by atoms with van der Waals surface area (Å²) in [7, 11) is 1.66. The second-order valence-electron chi connectivity index (χ2n) is 6.36. The van der Waals surface area contributed by atoms with Gasteiger partial charge in [0.15, 0.2) is 0 Å². The van der Waals surface area contributed by atoms with Crippen molar-refractivity contribution >= 4 is 5.91 Å². The summed E-state index contributed by atoms with van der Waals surface area (Å²) in [5.74, 6) is -0.0241. The molecule has 0 radical (unpaired) electrons. The van der Waals surface area contributed by atoms with Crippen LogP contribution in [0.5, 0.6) is 0 Å². The maximum absolute atomic E-state index is 12.9. The average Bonchev–Trinajstić information content (AvgIpc) is 2.60. The minimum Gasteiger partial charge on any atom is -0.396 e. The summed E-state index contributed by atoms with van der Waals surface area (Å²) in [5, 5.41) is 9.86. The lowest BCUT2D eigenvalue weighted by Crippen LogP contribution is -2.48. The molecule has 1 fully saturated rings. The highest BCUT2D eigenvalue weighted by Gasteiger charge is 2.37. The van der Waals surface area contributed by atoms with Crippen molar-refractivity contribution in [1.82, 2.24) is 14.9 Å². The molecule has 1 atom stereocenters. The van der Waals surface area contributed by atoms with E-state index in [9.17, 15) is 9.90 Å². The number of aliphatic hydroxyl groups excluding tert-OH is 1. The Kier molecular flexibility index (Phi) is 6.47. The van der Waals surface area contributed by atoms with Crippen molar-refractivity contribution in [3.63, 3.8) is 0 Å². The third kappa shape index (κ3) is 4.26. The van der Waals surface area contributed by atoms with Crippen LogP contribution in [0.4, 0.5) is 0 Å². The largest absolute Gasteiger partial charge is 0.396 e. The molecule has 0 unspecified atom stereocenters. The molecule has 6 heteroatoms. The maximum atomic E-state index is 12.9. The number of aromatic nitrogens is 2. The second-order valence-corrected chi connectivity index (χ2v) is 6.36. The number of amides is 1. The molecular weight excluding hydrogens is 294 g/mol. The van der Waals surface area contributed by atoms with E-state index in [1.807, 2.05) is 4.90 Å². The summed E-state index contributed by atoms with van der Waals surface area (Å²) in [6.07, 6.45) is 7.39. The number of rotatable bonds is 7. The molecule has 1 aliphatic rings. The van der Waals surface area contributed by atoms with Gasteiger partial charge in [-0.05, 0) is 25.7 Å². The van der Waals surface area contributed by atoms with Crippen molar-refractivity contribution in [2.45, 2.75) is 39.0 Å². The highest BCUT2D eigenvalue weighted by atomic mass is 16.5. The summed E-state index contributed by atoms with van der Waals surface area (Å²) in [6, 6.07) is 0. The molecule has 0 saturated carbocycles. The predicted octanol–water partition coefficient (Wildman–Crippen LogP) is 1.68. The number of piperidine rings is 1. The Hall–Kier alpha value is -1.53. The number of carbonyl (C=O) groups excluding carboxylic acids is 1. The Balaban J connectivity index is 2.16. The zero-order valence-electron chi connectivity index (χ0n) is 14.1. The van der Waals surface area contributed by atoms with Crippen molar-refractivity contribution in [1.29, 1.82) is 0 Å². The fraction of sp³-hybridized carbons (Fsp3) is 0.706. The van der Waals surface area contributed by atoms with E-state index in [4.69, 9.17) is 4.74 Å². The van der Waals surface area contributed by atoms with Crippen molar-refractivity contribution < 1.29 is 14.6 Å². The highest BCUT2D eigenvalue weighted by Crippen LogP contribution is 2.33. The van der Waals surface area contributed by atoms with Crippen molar-refractivity contribution in [3.05, 3.63) is 23.8 Å². The SMILES string of the molecule is CCCc1ncncc1C(=O)N1CCC[C@](CO)(CCOC)C1. The van der Waals surface area contributed by atoms with Gasteiger partial charge in [-0.2, -0.15) is 0 Å². The molecule has 0 aliphatic carbocycles. The molecule has 128 valence electrons. The number of aliphatic hydroxyl groups is 1. The van der Waals surface area contributed by atoms with Gasteiger partial charge >= 0.3 is 0 Å². The number of hydrogen-bond acceptors (Lipinski definition) is 5. The van der Waals surface area contributed by atoms with Crippen LogP contribution >= 0.6 is 0 Å². The van der Waals surface area contributed by atoms with Crippen LogP contribution in [0.2, 0.25) is 0 Å². The van der Waals surface area contributed by atoms with Crippen LogP contribution in [0.15, 0.2) is 12.5 Å². The number of likely N-dealkylation sites (tertiary alicyclic amines) is 1. The highest BCUT2D eigenvalue weighted by molar-refractivity contribution is 5.95. The zero-order valence-corrected chi connectivity index (χ0v) is 14.1. The second kappa shape index (κ2) is 8.36. The Labute approximate surface area is 137 Å². The molecule has 1 aromatic heterocycles. The van der Waals surface area contributed by atoms with Crippen LogP contribution in [0.1, 0.15) is 48.7 Å². The third-order valence-corrected chi connectivity index (χ3v) is 4.63. The number of methoxy groups -OCH3 is 1. The minimum absolute atomic E-state index is 0.0241. The normalized spacial score (nSPS) is 21.4. The average molecular weight is 321 g/mol. The molecule has 1 N–H and O–H groups in total. The van der Waals surface area contributed by atoms with Crippen molar-refractivity contribution in [2.75, 3.05) is 33.4 Å². The van der Waals surface area contributed by atoms with Crippen LogP contribution in [-0.4, -0.2) is 59.3 Å². The number of ether oxygens (including phenoxy) is 1. The molecule has 0 spiro atoms. The van der Waals surface area contributed by atoms with E-state index in [0.29, 0.717) is 25.3 Å². The van der Waals surface area contributed by atoms with E-state index in [0.717, 1.165) is 37.8 Å². The summed E-state index contributed by atoms with van der Waals surface area (Å²) in [5.41, 5.74) is 1.14. The summed E-state index contributed by atoms with van der Waals surface area (Å²) in [6.45, 7) is 4.02. The first-order valence-electron chi connectivity index (χ1n) is 8.34. The fourth-order valence-corrected chi connectivity index (χ4v) is 3.25. The molecule has 1 aromatic rings. The van der Waals surface area contributed by atoms with Gasteiger partial charge in [0.25, 0.3) is 5.91 Å². The molecule has 1 amide bonds. The molecule has 2 heterocycles. The molecular formula is C17H27N3O3. The van der Waals surface area contributed by atoms with Gasteiger partial charge in [-0.1, -0.05) is 13.3 Å². The van der Waals surface area contributed by atoms with Crippen LogP contribution in [-0.2, 0) is 11.2 Å². The standard InChI is InChI=1S/C17H27N3O3/c1-3-5-15-14(10-18-13-19-15)16(22)20-8-4-6-17(11-20,12-21)7-9-23-2/h10,13,21H,3-9,11-12H2,1-2H3/t17-/m0/s1. The number of aryl methyl sites for hydroxylation is 1. The lowest BCUT2D eigenvalue weighted by atomic mass is 9.78. The van der Waals surface area contributed by atoms with Gasteiger partial charge in [0, 0.05) is 38.4 Å². The Morgan fingerprint density at radius 2 is 2.35 bits per heavy atom. The third-order valence-electron chi connectivity index (χ3n) is 4.63. The Morgan fingerprint density at radius 3 is 3.04 bits per heavy atom. The molecule has 2 rings (SSSR count). The summed E-state index contributed by atoms with van der Waals surface area (Å²) < 4.78 is 5.17. The van der Waals surface area contributed by atoms with Gasteiger partial charge in [-0.25, -0.2) is 9.97 Å². The minimum atomic E-state index is -0.259. The van der Waals surface area contributed by atoms with Crippen LogP contribution in [0.25, 0.3) is 0 Å². The molecule has 23 heavy (non-hydrogen) atoms. The fourth-order valence-electron chi connectivity index (χ4n) is 3.25. The van der Waals surface area contributed by atoms with Gasteiger partial charge in [-0.15, -0.1) is 0 Å². The van der Waals surface area contributed by atoms with Crippen molar-refractivity contribution in [3.8, 4) is 0 Å². The van der Waals surface area contributed by atoms with E-state index in [-0.39, 0.29) is 17.9 Å². The lowest BCUT2D eigenvalue weighted by molar-refractivity contribution is 0.00889. The van der Waals surface area contributed by atoms with Gasteiger partial charge in [0.1, 0.15) is 6.33 Å². The molecule has 0 bridgehead atoms. The van der Waals surface area contributed by atoms with Crippen molar-refractivity contribution in [2.24, 2.45) is 5.41 Å². The molecule has 1 aliphatic heterocycles. The first-order chi connectivity index (χ1) is 11.2. The first-order valence-corrected chi connectivity index (χ1v) is 8.34.